The second-order valence-corrected chi connectivity index (χ2v) is 6.30. The summed E-state index contributed by atoms with van der Waals surface area (Å²) in [6.07, 6.45) is 1.67. The lowest BCUT2D eigenvalue weighted by Crippen LogP contribution is -1.98. The van der Waals surface area contributed by atoms with Gasteiger partial charge in [0.1, 0.15) is 11.5 Å². The molecule has 0 aliphatic carbocycles. The molecular formula is C17H15BrN4O2S. The average molecular weight is 419 g/mol. The van der Waals surface area contributed by atoms with Gasteiger partial charge in [-0.15, -0.1) is 0 Å². The van der Waals surface area contributed by atoms with Crippen molar-refractivity contribution in [3.05, 3.63) is 57.3 Å². The second kappa shape index (κ2) is 7.62. The van der Waals surface area contributed by atoms with Gasteiger partial charge in [0.2, 0.25) is 4.77 Å². The molecular weight excluding hydrogens is 404 g/mol. The Kier molecular flexibility index (Phi) is 5.30. The summed E-state index contributed by atoms with van der Waals surface area (Å²) in [6.45, 7) is 0. The smallest absolute Gasteiger partial charge is 0.216 e. The lowest BCUT2D eigenvalue weighted by molar-refractivity contribution is 0.414. The highest BCUT2D eigenvalue weighted by molar-refractivity contribution is 9.10. The number of nitrogens with zero attached hydrogens (tertiary/aromatic N) is 3. The highest BCUT2D eigenvalue weighted by Crippen LogP contribution is 2.28. The molecule has 25 heavy (non-hydrogen) atoms. The van der Waals surface area contributed by atoms with Crippen LogP contribution in [-0.4, -0.2) is 35.3 Å². The molecule has 3 aromatic rings. The molecule has 0 amide bonds. The van der Waals surface area contributed by atoms with Crippen LogP contribution in [0.2, 0.25) is 0 Å². The quantitative estimate of drug-likeness (QED) is 0.496. The van der Waals surface area contributed by atoms with Gasteiger partial charge in [-0.1, -0.05) is 28.1 Å². The van der Waals surface area contributed by atoms with Gasteiger partial charge in [0.15, 0.2) is 5.82 Å². The van der Waals surface area contributed by atoms with Gasteiger partial charge in [0.25, 0.3) is 0 Å². The van der Waals surface area contributed by atoms with E-state index in [1.54, 1.807) is 25.1 Å². The number of rotatable bonds is 5. The Morgan fingerprint density at radius 3 is 2.68 bits per heavy atom. The number of hydrogen-bond donors (Lipinski definition) is 1. The summed E-state index contributed by atoms with van der Waals surface area (Å²) >= 11 is 8.75. The van der Waals surface area contributed by atoms with Crippen LogP contribution in [-0.2, 0) is 0 Å². The van der Waals surface area contributed by atoms with Crippen molar-refractivity contribution in [3.8, 4) is 22.9 Å². The maximum Gasteiger partial charge on any atom is 0.216 e. The largest absolute Gasteiger partial charge is 0.496 e. The van der Waals surface area contributed by atoms with Crippen LogP contribution in [0.25, 0.3) is 11.4 Å². The van der Waals surface area contributed by atoms with Crippen molar-refractivity contribution >= 4 is 34.4 Å². The van der Waals surface area contributed by atoms with E-state index in [-0.39, 0.29) is 0 Å². The van der Waals surface area contributed by atoms with Gasteiger partial charge in [0.05, 0.1) is 26.0 Å². The van der Waals surface area contributed by atoms with Gasteiger partial charge in [0, 0.05) is 10.0 Å². The van der Waals surface area contributed by atoms with Gasteiger partial charge in [-0.3, -0.25) is 0 Å². The number of para-hydroxylation sites is 1. The van der Waals surface area contributed by atoms with Crippen molar-refractivity contribution in [2.45, 2.75) is 0 Å². The maximum atomic E-state index is 5.40. The zero-order chi connectivity index (χ0) is 17.8. The van der Waals surface area contributed by atoms with Crippen LogP contribution < -0.4 is 9.47 Å². The monoisotopic (exact) mass is 418 g/mol. The molecule has 0 atom stereocenters. The molecule has 0 spiro atoms. The third-order valence-corrected chi connectivity index (χ3v) is 4.26. The topological polar surface area (TPSA) is 64.4 Å². The number of hydrogen-bond acceptors (Lipinski definition) is 5. The lowest BCUT2D eigenvalue weighted by atomic mass is 10.2. The number of benzene rings is 2. The van der Waals surface area contributed by atoms with E-state index in [2.05, 4.69) is 31.2 Å². The molecule has 3 rings (SSSR count). The van der Waals surface area contributed by atoms with Crippen LogP contribution >= 0.6 is 28.1 Å². The summed E-state index contributed by atoms with van der Waals surface area (Å²) in [5, 5.41) is 11.5. The van der Waals surface area contributed by atoms with E-state index in [1.807, 2.05) is 42.5 Å². The minimum absolute atomic E-state index is 0.381. The molecule has 1 heterocycles. The van der Waals surface area contributed by atoms with Gasteiger partial charge in [-0.2, -0.15) is 14.9 Å². The Bertz CT molecular complexity index is 981. The van der Waals surface area contributed by atoms with Crippen molar-refractivity contribution in [2.24, 2.45) is 5.10 Å². The van der Waals surface area contributed by atoms with Crippen LogP contribution in [0, 0.1) is 4.77 Å². The summed E-state index contributed by atoms with van der Waals surface area (Å²) in [5.41, 5.74) is 1.60. The summed E-state index contributed by atoms with van der Waals surface area (Å²) in [4.78, 5) is 0. The number of halogens is 1. The molecule has 0 radical (unpaired) electrons. The Morgan fingerprint density at radius 1 is 1.16 bits per heavy atom. The Morgan fingerprint density at radius 2 is 1.92 bits per heavy atom. The first-order valence-corrected chi connectivity index (χ1v) is 8.53. The highest BCUT2D eigenvalue weighted by atomic mass is 79.9. The third kappa shape index (κ3) is 3.64. The summed E-state index contributed by atoms with van der Waals surface area (Å²) in [7, 11) is 3.23. The number of aromatic amines is 1. The third-order valence-electron chi connectivity index (χ3n) is 3.50. The van der Waals surface area contributed by atoms with Crippen LogP contribution in [0.3, 0.4) is 0 Å². The van der Waals surface area contributed by atoms with Crippen molar-refractivity contribution in [2.75, 3.05) is 14.2 Å². The van der Waals surface area contributed by atoms with Crippen LogP contribution in [0.5, 0.6) is 11.5 Å². The number of ether oxygens (including phenoxy) is 2. The Balaban J connectivity index is 2.07. The number of nitrogens with one attached hydrogen (secondary N) is 1. The van der Waals surface area contributed by atoms with E-state index < -0.39 is 0 Å². The van der Waals surface area contributed by atoms with E-state index in [4.69, 9.17) is 21.7 Å². The van der Waals surface area contributed by atoms with E-state index >= 15 is 0 Å². The number of methoxy groups -OCH3 is 2. The normalized spacial score (nSPS) is 11.0. The Labute approximate surface area is 158 Å². The molecule has 0 bridgehead atoms. The van der Waals surface area contributed by atoms with Crippen molar-refractivity contribution in [1.29, 1.82) is 0 Å². The summed E-state index contributed by atoms with van der Waals surface area (Å²) in [6, 6.07) is 13.2. The molecule has 0 aliphatic rings. The van der Waals surface area contributed by atoms with Gasteiger partial charge in [-0.25, -0.2) is 5.10 Å². The van der Waals surface area contributed by atoms with E-state index in [0.29, 0.717) is 22.1 Å². The standard InChI is InChI=1S/C17H15BrN4O2S/c1-23-14-8-7-12(18)9-11(14)10-19-22-16(20-21-17(22)25)13-5-3-4-6-15(13)24-2/h3-10H,1-2H3,(H,21,25)/b19-10-. The molecule has 128 valence electrons. The predicted octanol–water partition coefficient (Wildman–Crippen LogP) is 4.27. The summed E-state index contributed by atoms with van der Waals surface area (Å²) in [5.74, 6) is 1.96. The van der Waals surface area contributed by atoms with E-state index in [9.17, 15) is 0 Å². The van der Waals surface area contributed by atoms with Gasteiger partial charge in [-0.05, 0) is 42.5 Å². The molecule has 0 fully saturated rings. The fourth-order valence-corrected chi connectivity index (χ4v) is 2.89. The zero-order valence-corrected chi connectivity index (χ0v) is 16.0. The minimum Gasteiger partial charge on any atom is -0.496 e. The molecule has 8 heteroatoms. The molecule has 1 aromatic heterocycles. The Hall–Kier alpha value is -2.45. The van der Waals surface area contributed by atoms with Crippen LogP contribution in [0.1, 0.15) is 5.56 Å². The highest BCUT2D eigenvalue weighted by Gasteiger charge is 2.13. The molecule has 0 saturated heterocycles. The molecule has 0 unspecified atom stereocenters. The van der Waals surface area contributed by atoms with E-state index in [0.717, 1.165) is 15.6 Å². The first-order chi connectivity index (χ1) is 12.1. The SMILES string of the molecule is COc1ccc(Br)cc1/C=N\n1c(-c2ccccc2OC)n[nH]c1=S. The second-order valence-electron chi connectivity index (χ2n) is 5.00. The van der Waals surface area contributed by atoms with E-state index in [1.165, 1.54) is 0 Å². The first-order valence-electron chi connectivity index (χ1n) is 7.32. The lowest BCUT2D eigenvalue weighted by Gasteiger charge is -2.07. The number of aromatic nitrogens is 3. The number of H-pyrrole nitrogens is 1. The van der Waals surface area contributed by atoms with Crippen molar-refractivity contribution in [3.63, 3.8) is 0 Å². The minimum atomic E-state index is 0.381. The molecule has 0 aliphatic heterocycles. The maximum absolute atomic E-state index is 5.40. The van der Waals surface area contributed by atoms with Crippen molar-refractivity contribution in [1.82, 2.24) is 14.9 Å². The summed E-state index contributed by atoms with van der Waals surface area (Å²) < 4.78 is 13.6. The molecule has 6 nitrogen and oxygen atoms in total. The first kappa shape index (κ1) is 17.4. The average Bonchev–Trinajstić information content (AvgIpc) is 3.00. The fraction of sp³-hybridized carbons (Fsp3) is 0.118. The van der Waals surface area contributed by atoms with Crippen LogP contribution in [0.4, 0.5) is 0 Å². The van der Waals surface area contributed by atoms with Gasteiger partial charge < -0.3 is 9.47 Å². The predicted molar refractivity (Wildman–Crippen MR) is 103 cm³/mol. The van der Waals surface area contributed by atoms with Crippen LogP contribution in [0.15, 0.2) is 52.0 Å². The molecule has 1 N–H and O–H groups in total. The molecule has 2 aromatic carbocycles. The van der Waals surface area contributed by atoms with Gasteiger partial charge >= 0.3 is 0 Å². The fourth-order valence-electron chi connectivity index (χ4n) is 2.33. The van der Waals surface area contributed by atoms with Crippen molar-refractivity contribution < 1.29 is 9.47 Å². The zero-order valence-electron chi connectivity index (χ0n) is 13.6. The molecule has 0 saturated carbocycles.